The van der Waals surface area contributed by atoms with Gasteiger partial charge in [0.25, 0.3) is 5.91 Å². The number of methoxy groups -OCH3 is 1. The van der Waals surface area contributed by atoms with Crippen LogP contribution in [0.5, 0.6) is 5.75 Å². The molecule has 0 radical (unpaired) electrons. The van der Waals surface area contributed by atoms with Gasteiger partial charge in [-0.15, -0.1) is 0 Å². The number of halogens is 1. The second kappa shape index (κ2) is 7.03. The van der Waals surface area contributed by atoms with Crippen molar-refractivity contribution in [1.82, 2.24) is 4.90 Å². The molecule has 0 aliphatic carbocycles. The molecule has 0 aromatic heterocycles. The van der Waals surface area contributed by atoms with Gasteiger partial charge in [-0.1, -0.05) is 24.9 Å². The van der Waals surface area contributed by atoms with Crippen LogP contribution in [0, 0.1) is 5.92 Å². The zero-order chi connectivity index (χ0) is 15.4. The van der Waals surface area contributed by atoms with Gasteiger partial charge in [0.1, 0.15) is 5.75 Å². The summed E-state index contributed by atoms with van der Waals surface area (Å²) in [5, 5.41) is 0.390. The molecule has 1 unspecified atom stereocenters. The quantitative estimate of drug-likeness (QED) is 0.865. The lowest BCUT2D eigenvalue weighted by Gasteiger charge is -2.33. The van der Waals surface area contributed by atoms with E-state index in [0.717, 1.165) is 25.9 Å². The summed E-state index contributed by atoms with van der Waals surface area (Å²) < 4.78 is 5.28. The maximum atomic E-state index is 12.7. The van der Waals surface area contributed by atoms with Crippen molar-refractivity contribution in [3.63, 3.8) is 0 Å². The average Bonchev–Trinajstić information content (AvgIpc) is 2.49. The van der Waals surface area contributed by atoms with Crippen LogP contribution in [0.3, 0.4) is 0 Å². The van der Waals surface area contributed by atoms with E-state index >= 15 is 0 Å². The van der Waals surface area contributed by atoms with Crippen LogP contribution in [0.2, 0.25) is 5.02 Å². The fourth-order valence-electron chi connectivity index (χ4n) is 2.97. The molecular weight excluding hydrogens is 288 g/mol. The Labute approximate surface area is 131 Å². The lowest BCUT2D eigenvalue weighted by molar-refractivity contribution is 0.0664. The Kier molecular flexibility index (Phi) is 5.34. The molecule has 116 valence electrons. The van der Waals surface area contributed by atoms with Gasteiger partial charge < -0.3 is 15.4 Å². The highest BCUT2D eigenvalue weighted by atomic mass is 35.5. The van der Waals surface area contributed by atoms with Crippen molar-refractivity contribution >= 4 is 23.2 Å². The topological polar surface area (TPSA) is 55.6 Å². The van der Waals surface area contributed by atoms with Gasteiger partial charge >= 0.3 is 0 Å². The smallest absolute Gasteiger partial charge is 0.257 e. The van der Waals surface area contributed by atoms with Crippen LogP contribution in [0.4, 0.5) is 5.69 Å². The molecule has 1 fully saturated rings. The van der Waals surface area contributed by atoms with Crippen LogP contribution in [0.1, 0.15) is 43.0 Å². The van der Waals surface area contributed by atoms with E-state index < -0.39 is 0 Å². The summed E-state index contributed by atoms with van der Waals surface area (Å²) in [4.78, 5) is 14.7. The summed E-state index contributed by atoms with van der Waals surface area (Å²) in [5.74, 6) is 1.07. The predicted molar refractivity (Wildman–Crippen MR) is 86.0 cm³/mol. The van der Waals surface area contributed by atoms with Crippen LogP contribution >= 0.6 is 11.6 Å². The Morgan fingerprint density at radius 2 is 2.29 bits per heavy atom. The summed E-state index contributed by atoms with van der Waals surface area (Å²) in [7, 11) is 1.54. The highest BCUT2D eigenvalue weighted by molar-refractivity contribution is 6.33. The molecule has 21 heavy (non-hydrogen) atoms. The van der Waals surface area contributed by atoms with E-state index in [1.165, 1.54) is 20.0 Å². The number of nitrogens with two attached hydrogens (primary N) is 1. The number of anilines is 1. The standard InChI is InChI=1S/C16H23ClN2O2/c1-3-5-11-6-4-7-19(10-11)16(20)12-8-13(17)14(18)9-15(12)21-2/h8-9,11H,3-7,10,18H2,1-2H3. The van der Waals surface area contributed by atoms with Gasteiger partial charge in [-0.25, -0.2) is 0 Å². The third kappa shape index (κ3) is 3.62. The van der Waals surface area contributed by atoms with Crippen molar-refractivity contribution in [2.24, 2.45) is 5.92 Å². The summed E-state index contributed by atoms with van der Waals surface area (Å²) in [6.45, 7) is 3.80. The lowest BCUT2D eigenvalue weighted by Crippen LogP contribution is -2.40. The fraction of sp³-hybridized carbons (Fsp3) is 0.562. The van der Waals surface area contributed by atoms with E-state index in [4.69, 9.17) is 22.1 Å². The van der Waals surface area contributed by atoms with Crippen molar-refractivity contribution in [2.75, 3.05) is 25.9 Å². The Hall–Kier alpha value is -1.42. The van der Waals surface area contributed by atoms with Gasteiger partial charge in [0.15, 0.2) is 0 Å². The minimum Gasteiger partial charge on any atom is -0.496 e. The van der Waals surface area contributed by atoms with E-state index in [9.17, 15) is 4.79 Å². The van der Waals surface area contributed by atoms with Crippen LogP contribution in [-0.2, 0) is 0 Å². The molecule has 1 atom stereocenters. The molecule has 0 spiro atoms. The summed E-state index contributed by atoms with van der Waals surface area (Å²) in [5.41, 5.74) is 6.69. The zero-order valence-corrected chi connectivity index (χ0v) is 13.4. The first-order chi connectivity index (χ1) is 10.1. The number of nitrogen functional groups attached to an aromatic ring is 1. The minimum absolute atomic E-state index is 0.0189. The van der Waals surface area contributed by atoms with Gasteiger partial charge in [-0.3, -0.25) is 4.79 Å². The number of piperidine rings is 1. The normalized spacial score (nSPS) is 18.6. The van der Waals surface area contributed by atoms with Crippen molar-refractivity contribution in [2.45, 2.75) is 32.6 Å². The van der Waals surface area contributed by atoms with Crippen LogP contribution in [-0.4, -0.2) is 31.0 Å². The number of likely N-dealkylation sites (tertiary alicyclic amines) is 1. The second-order valence-corrected chi connectivity index (χ2v) is 6.03. The molecule has 1 saturated heterocycles. The van der Waals surface area contributed by atoms with Crippen LogP contribution in [0.25, 0.3) is 0 Å². The van der Waals surface area contributed by atoms with Gasteiger partial charge in [0.2, 0.25) is 0 Å². The van der Waals surface area contributed by atoms with Gasteiger partial charge in [-0.2, -0.15) is 0 Å². The highest BCUT2D eigenvalue weighted by Crippen LogP contribution is 2.31. The van der Waals surface area contributed by atoms with Crippen molar-refractivity contribution in [1.29, 1.82) is 0 Å². The molecule has 1 aromatic carbocycles. The fourth-order valence-corrected chi connectivity index (χ4v) is 3.13. The number of nitrogens with zero attached hydrogens (tertiary/aromatic N) is 1. The first-order valence-electron chi connectivity index (χ1n) is 7.49. The largest absolute Gasteiger partial charge is 0.496 e. The Morgan fingerprint density at radius 1 is 1.52 bits per heavy atom. The number of ether oxygens (including phenoxy) is 1. The molecule has 1 aliphatic rings. The molecule has 1 aliphatic heterocycles. The lowest BCUT2D eigenvalue weighted by atomic mass is 9.93. The SMILES string of the molecule is CCCC1CCCN(C(=O)c2cc(Cl)c(N)cc2OC)C1. The number of hydrogen-bond acceptors (Lipinski definition) is 3. The third-order valence-electron chi connectivity index (χ3n) is 4.05. The third-order valence-corrected chi connectivity index (χ3v) is 4.38. The Morgan fingerprint density at radius 3 is 2.95 bits per heavy atom. The number of amides is 1. The predicted octanol–water partition coefficient (Wildman–Crippen LogP) is 3.58. The van der Waals surface area contributed by atoms with Crippen LogP contribution in [0.15, 0.2) is 12.1 Å². The molecule has 0 saturated carbocycles. The van der Waals surface area contributed by atoms with Crippen molar-refractivity contribution in [3.05, 3.63) is 22.7 Å². The number of carbonyl (C=O) groups is 1. The average molecular weight is 311 g/mol. The van der Waals surface area contributed by atoms with Gasteiger partial charge in [-0.05, 0) is 31.2 Å². The van der Waals surface area contributed by atoms with Gasteiger partial charge in [0, 0.05) is 19.2 Å². The molecule has 2 rings (SSSR count). The maximum Gasteiger partial charge on any atom is 0.257 e. The van der Waals surface area contributed by atoms with Crippen LogP contribution < -0.4 is 10.5 Å². The van der Waals surface area contributed by atoms with E-state index in [0.29, 0.717) is 27.9 Å². The molecule has 4 nitrogen and oxygen atoms in total. The monoisotopic (exact) mass is 310 g/mol. The molecular formula is C16H23ClN2O2. The second-order valence-electron chi connectivity index (χ2n) is 5.62. The summed E-state index contributed by atoms with van der Waals surface area (Å²) in [6.07, 6.45) is 4.59. The maximum absolute atomic E-state index is 12.7. The Bertz CT molecular complexity index is 517. The number of benzene rings is 1. The number of carbonyl (C=O) groups excluding carboxylic acids is 1. The molecule has 0 bridgehead atoms. The molecule has 5 heteroatoms. The number of rotatable bonds is 4. The summed E-state index contributed by atoms with van der Waals surface area (Å²) >= 11 is 6.05. The first-order valence-corrected chi connectivity index (χ1v) is 7.86. The minimum atomic E-state index is -0.0189. The zero-order valence-electron chi connectivity index (χ0n) is 12.7. The summed E-state index contributed by atoms with van der Waals surface area (Å²) in [6, 6.07) is 3.23. The van der Waals surface area contributed by atoms with Crippen molar-refractivity contribution in [3.8, 4) is 5.75 Å². The van der Waals surface area contributed by atoms with Gasteiger partial charge in [0.05, 0.1) is 23.4 Å². The van der Waals surface area contributed by atoms with E-state index in [1.54, 1.807) is 12.1 Å². The Balaban J connectivity index is 2.21. The first kappa shape index (κ1) is 16.0. The van der Waals surface area contributed by atoms with E-state index in [-0.39, 0.29) is 5.91 Å². The molecule has 1 amide bonds. The molecule has 1 heterocycles. The molecule has 2 N–H and O–H groups in total. The van der Waals surface area contributed by atoms with E-state index in [1.807, 2.05) is 4.90 Å². The van der Waals surface area contributed by atoms with E-state index in [2.05, 4.69) is 6.92 Å². The van der Waals surface area contributed by atoms with Crippen molar-refractivity contribution < 1.29 is 9.53 Å². The highest BCUT2D eigenvalue weighted by Gasteiger charge is 2.26. The molecule has 1 aromatic rings. The number of hydrogen-bond donors (Lipinski definition) is 1.